The molecule has 4 heteroatoms. The Morgan fingerprint density at radius 3 is 2.47 bits per heavy atom. The molecule has 17 heavy (non-hydrogen) atoms. The predicted molar refractivity (Wildman–Crippen MR) is 71.1 cm³/mol. The number of likely N-dealkylation sites (tertiary alicyclic amines) is 1. The quantitative estimate of drug-likeness (QED) is 0.793. The molecule has 2 saturated heterocycles. The number of benzene rings is 1. The Kier molecular flexibility index (Phi) is 2.52. The molecule has 3 rings (SSSR count). The first kappa shape index (κ1) is 11.2. The molecule has 1 spiro atoms. The van der Waals surface area contributed by atoms with E-state index in [4.69, 9.17) is 0 Å². The third kappa shape index (κ3) is 1.70. The van der Waals surface area contributed by atoms with Crippen LogP contribution in [0.25, 0.3) is 0 Å². The van der Waals surface area contributed by atoms with E-state index in [1.54, 1.807) is 0 Å². The number of carbonyl (C=O) groups excluding carboxylic acids is 1. The van der Waals surface area contributed by atoms with Crippen molar-refractivity contribution in [3.63, 3.8) is 0 Å². The van der Waals surface area contributed by atoms with E-state index in [2.05, 4.69) is 27.9 Å². The summed E-state index contributed by atoms with van der Waals surface area (Å²) < 4.78 is 1.05. The van der Waals surface area contributed by atoms with Crippen LogP contribution >= 0.6 is 15.9 Å². The summed E-state index contributed by atoms with van der Waals surface area (Å²) in [6.45, 7) is 1.99. The fraction of sp³-hybridized carbons (Fsp3) is 0.462. The third-order valence-electron chi connectivity index (χ3n) is 3.74. The molecule has 1 aromatic carbocycles. The summed E-state index contributed by atoms with van der Waals surface area (Å²) in [7, 11) is 2.10. The van der Waals surface area contributed by atoms with Crippen LogP contribution in [0.5, 0.6) is 0 Å². The van der Waals surface area contributed by atoms with E-state index in [-0.39, 0.29) is 11.4 Å². The minimum atomic E-state index is 0.0691. The number of amides is 1. The first-order valence-electron chi connectivity index (χ1n) is 5.88. The highest BCUT2D eigenvalue weighted by atomic mass is 79.9. The average Bonchev–Trinajstić information content (AvgIpc) is 2.58. The Bertz CT molecular complexity index is 451. The number of halogens is 1. The van der Waals surface area contributed by atoms with E-state index in [9.17, 15) is 4.79 Å². The van der Waals surface area contributed by atoms with Crippen molar-refractivity contribution in [1.29, 1.82) is 0 Å². The van der Waals surface area contributed by atoms with Gasteiger partial charge in [0.15, 0.2) is 0 Å². The van der Waals surface area contributed by atoms with Crippen LogP contribution in [0.15, 0.2) is 28.7 Å². The summed E-state index contributed by atoms with van der Waals surface area (Å²) in [6.07, 6.45) is 1.68. The van der Waals surface area contributed by atoms with Gasteiger partial charge in [-0.3, -0.25) is 4.79 Å². The summed E-state index contributed by atoms with van der Waals surface area (Å²) in [5.74, 6) is 0.264. The maximum atomic E-state index is 12.1. The zero-order valence-electron chi connectivity index (χ0n) is 9.82. The molecule has 0 aliphatic carbocycles. The van der Waals surface area contributed by atoms with E-state index in [1.807, 2.05) is 29.2 Å². The van der Waals surface area contributed by atoms with Gasteiger partial charge < -0.3 is 9.80 Å². The lowest BCUT2D eigenvalue weighted by molar-refractivity contribution is -0.117. The van der Waals surface area contributed by atoms with Gasteiger partial charge in [-0.2, -0.15) is 0 Å². The molecule has 2 heterocycles. The van der Waals surface area contributed by atoms with Crippen LogP contribution < -0.4 is 4.90 Å². The summed E-state index contributed by atoms with van der Waals surface area (Å²) >= 11 is 3.43. The Balaban J connectivity index is 1.94. The normalized spacial score (nSPS) is 23.2. The first-order chi connectivity index (χ1) is 8.11. The van der Waals surface area contributed by atoms with Gasteiger partial charge in [0.05, 0.1) is 5.54 Å². The highest BCUT2D eigenvalue weighted by Gasteiger charge is 2.52. The van der Waals surface area contributed by atoms with E-state index < -0.39 is 0 Å². The fourth-order valence-electron chi connectivity index (χ4n) is 3.09. The molecule has 0 N–H and O–H groups in total. The standard InChI is InChI=1S/C13H15BrN2O/c1-15-8-13(9-15)7-6-12(17)16(13)11-4-2-10(14)3-5-11/h2-5H,6-9H2,1H3. The summed E-state index contributed by atoms with van der Waals surface area (Å²) in [4.78, 5) is 16.4. The topological polar surface area (TPSA) is 23.6 Å². The van der Waals surface area contributed by atoms with Crippen molar-refractivity contribution in [2.45, 2.75) is 18.4 Å². The highest BCUT2D eigenvalue weighted by Crippen LogP contribution is 2.40. The molecule has 2 aliphatic rings. The van der Waals surface area contributed by atoms with Gasteiger partial charge in [0.25, 0.3) is 0 Å². The molecule has 90 valence electrons. The zero-order valence-corrected chi connectivity index (χ0v) is 11.4. The minimum absolute atomic E-state index is 0.0691. The van der Waals surface area contributed by atoms with Gasteiger partial charge in [-0.25, -0.2) is 0 Å². The van der Waals surface area contributed by atoms with Gasteiger partial charge in [0, 0.05) is 29.7 Å². The molecule has 3 nitrogen and oxygen atoms in total. The Hall–Kier alpha value is -0.870. The lowest BCUT2D eigenvalue weighted by Crippen LogP contribution is -2.67. The third-order valence-corrected chi connectivity index (χ3v) is 4.27. The number of carbonyl (C=O) groups is 1. The van der Waals surface area contributed by atoms with Crippen molar-refractivity contribution >= 4 is 27.5 Å². The summed E-state index contributed by atoms with van der Waals surface area (Å²) in [5.41, 5.74) is 1.10. The molecule has 0 saturated carbocycles. The molecule has 1 amide bonds. The molecule has 0 bridgehead atoms. The SMILES string of the molecule is CN1CC2(CCC(=O)N2c2ccc(Br)cc2)C1. The largest absolute Gasteiger partial charge is 0.304 e. The van der Waals surface area contributed by atoms with Crippen LogP contribution in [0, 0.1) is 0 Å². The molecule has 0 aromatic heterocycles. The lowest BCUT2D eigenvalue weighted by Gasteiger charge is -2.51. The van der Waals surface area contributed by atoms with Gasteiger partial charge in [0.2, 0.25) is 5.91 Å². The fourth-order valence-corrected chi connectivity index (χ4v) is 3.36. The summed E-state index contributed by atoms with van der Waals surface area (Å²) in [5, 5.41) is 0. The van der Waals surface area contributed by atoms with Crippen molar-refractivity contribution in [3.8, 4) is 0 Å². The molecular formula is C13H15BrN2O. The van der Waals surface area contributed by atoms with Crippen LogP contribution in [-0.4, -0.2) is 36.5 Å². The van der Waals surface area contributed by atoms with Crippen molar-refractivity contribution < 1.29 is 4.79 Å². The Morgan fingerprint density at radius 2 is 1.88 bits per heavy atom. The van der Waals surface area contributed by atoms with Crippen LogP contribution in [0.2, 0.25) is 0 Å². The molecule has 0 atom stereocenters. The Morgan fingerprint density at radius 1 is 1.24 bits per heavy atom. The summed E-state index contributed by atoms with van der Waals surface area (Å²) in [6, 6.07) is 8.04. The van der Waals surface area contributed by atoms with Gasteiger partial charge in [-0.05, 0) is 37.7 Å². The number of rotatable bonds is 1. The second-order valence-electron chi connectivity index (χ2n) is 5.10. The molecule has 2 aliphatic heterocycles. The minimum Gasteiger partial charge on any atom is -0.304 e. The molecule has 0 radical (unpaired) electrons. The number of hydrogen-bond acceptors (Lipinski definition) is 2. The number of nitrogens with zero attached hydrogens (tertiary/aromatic N) is 2. The first-order valence-corrected chi connectivity index (χ1v) is 6.67. The molecule has 0 unspecified atom stereocenters. The van der Waals surface area contributed by atoms with Crippen LogP contribution in [-0.2, 0) is 4.79 Å². The number of anilines is 1. The van der Waals surface area contributed by atoms with Gasteiger partial charge in [-0.15, -0.1) is 0 Å². The van der Waals surface area contributed by atoms with Crippen molar-refractivity contribution in [1.82, 2.24) is 4.90 Å². The van der Waals surface area contributed by atoms with Crippen LogP contribution in [0.3, 0.4) is 0 Å². The van der Waals surface area contributed by atoms with Crippen LogP contribution in [0.4, 0.5) is 5.69 Å². The average molecular weight is 295 g/mol. The molecular weight excluding hydrogens is 280 g/mol. The van der Waals surface area contributed by atoms with Crippen molar-refractivity contribution in [2.24, 2.45) is 0 Å². The van der Waals surface area contributed by atoms with Crippen molar-refractivity contribution in [2.75, 3.05) is 25.0 Å². The van der Waals surface area contributed by atoms with Gasteiger partial charge in [0.1, 0.15) is 0 Å². The second-order valence-corrected chi connectivity index (χ2v) is 6.02. The lowest BCUT2D eigenvalue weighted by atomic mass is 9.87. The predicted octanol–water partition coefficient (Wildman–Crippen LogP) is 2.26. The Labute approximate surface area is 110 Å². The van der Waals surface area contributed by atoms with E-state index in [0.29, 0.717) is 6.42 Å². The smallest absolute Gasteiger partial charge is 0.227 e. The van der Waals surface area contributed by atoms with Crippen molar-refractivity contribution in [3.05, 3.63) is 28.7 Å². The molecule has 1 aromatic rings. The van der Waals surface area contributed by atoms with E-state index in [1.165, 1.54) is 0 Å². The second kappa shape index (κ2) is 3.82. The van der Waals surface area contributed by atoms with E-state index in [0.717, 1.165) is 29.7 Å². The maximum absolute atomic E-state index is 12.1. The van der Waals surface area contributed by atoms with E-state index >= 15 is 0 Å². The molecule has 2 fully saturated rings. The van der Waals surface area contributed by atoms with Gasteiger partial charge in [-0.1, -0.05) is 15.9 Å². The zero-order chi connectivity index (χ0) is 12.0. The highest BCUT2D eigenvalue weighted by molar-refractivity contribution is 9.10. The monoisotopic (exact) mass is 294 g/mol. The van der Waals surface area contributed by atoms with Gasteiger partial charge >= 0.3 is 0 Å². The number of hydrogen-bond donors (Lipinski definition) is 0. The maximum Gasteiger partial charge on any atom is 0.227 e. The van der Waals surface area contributed by atoms with Crippen LogP contribution in [0.1, 0.15) is 12.8 Å². The number of likely N-dealkylation sites (N-methyl/N-ethyl adjacent to an activating group) is 1.